The Morgan fingerprint density at radius 3 is 2.67 bits per heavy atom. The van der Waals surface area contributed by atoms with E-state index >= 15 is 0 Å². The normalized spacial score (nSPS) is 10.5. The number of carbonyl (C=O) groups is 1. The van der Waals surface area contributed by atoms with Crippen molar-refractivity contribution in [3.63, 3.8) is 0 Å². The van der Waals surface area contributed by atoms with Crippen molar-refractivity contribution < 1.29 is 9.90 Å². The van der Waals surface area contributed by atoms with E-state index in [1.165, 1.54) is 5.56 Å². The van der Waals surface area contributed by atoms with Crippen molar-refractivity contribution in [2.45, 2.75) is 26.2 Å². The molecule has 0 atom stereocenters. The molecule has 2 N–H and O–H groups in total. The third kappa shape index (κ3) is 2.77. The van der Waals surface area contributed by atoms with Gasteiger partial charge in [-0.3, -0.25) is 9.89 Å². The van der Waals surface area contributed by atoms with Crippen LogP contribution in [-0.2, 0) is 17.6 Å². The van der Waals surface area contributed by atoms with Gasteiger partial charge in [-0.25, -0.2) is 0 Å². The summed E-state index contributed by atoms with van der Waals surface area (Å²) in [5.74, 6) is -0.788. The standard InChI is InChI=1S/C14H16N2O2/c1-2-10-3-5-11(6-4-10)14-12(9-15-16-14)7-8-13(17)18/h3-6,9H,2,7-8H2,1H3,(H,15,16)(H,17,18). The molecular weight excluding hydrogens is 228 g/mol. The van der Waals surface area contributed by atoms with Crippen molar-refractivity contribution in [2.75, 3.05) is 0 Å². The van der Waals surface area contributed by atoms with Crippen molar-refractivity contribution in [3.05, 3.63) is 41.6 Å². The van der Waals surface area contributed by atoms with E-state index in [0.29, 0.717) is 6.42 Å². The Morgan fingerprint density at radius 1 is 1.33 bits per heavy atom. The summed E-state index contributed by atoms with van der Waals surface area (Å²) >= 11 is 0. The van der Waals surface area contributed by atoms with E-state index in [2.05, 4.69) is 29.3 Å². The molecule has 0 unspecified atom stereocenters. The number of aromatic amines is 1. The summed E-state index contributed by atoms with van der Waals surface area (Å²) in [6.45, 7) is 2.11. The lowest BCUT2D eigenvalue weighted by molar-refractivity contribution is -0.136. The van der Waals surface area contributed by atoms with Crippen LogP contribution in [0.3, 0.4) is 0 Å². The van der Waals surface area contributed by atoms with Gasteiger partial charge < -0.3 is 5.11 Å². The Morgan fingerprint density at radius 2 is 2.06 bits per heavy atom. The number of aromatic nitrogens is 2. The van der Waals surface area contributed by atoms with Gasteiger partial charge in [0.15, 0.2) is 0 Å². The summed E-state index contributed by atoms with van der Waals surface area (Å²) in [6, 6.07) is 8.24. The van der Waals surface area contributed by atoms with Crippen LogP contribution in [0.4, 0.5) is 0 Å². The molecule has 1 aromatic heterocycles. The first-order valence-corrected chi connectivity index (χ1v) is 6.04. The van der Waals surface area contributed by atoms with Gasteiger partial charge in [0.25, 0.3) is 0 Å². The fourth-order valence-electron chi connectivity index (χ4n) is 1.90. The van der Waals surface area contributed by atoms with Gasteiger partial charge in [0.1, 0.15) is 0 Å². The Hall–Kier alpha value is -2.10. The minimum absolute atomic E-state index is 0.125. The van der Waals surface area contributed by atoms with E-state index in [9.17, 15) is 4.79 Å². The molecule has 4 nitrogen and oxygen atoms in total. The molecule has 0 aliphatic carbocycles. The molecule has 0 fully saturated rings. The van der Waals surface area contributed by atoms with Crippen LogP contribution in [0, 0.1) is 0 Å². The number of benzene rings is 1. The monoisotopic (exact) mass is 244 g/mol. The largest absolute Gasteiger partial charge is 0.481 e. The zero-order valence-corrected chi connectivity index (χ0v) is 10.3. The minimum atomic E-state index is -0.788. The molecule has 0 bridgehead atoms. The summed E-state index contributed by atoms with van der Waals surface area (Å²) in [5.41, 5.74) is 4.19. The lowest BCUT2D eigenvalue weighted by Crippen LogP contribution is -1.97. The van der Waals surface area contributed by atoms with Crippen LogP contribution in [0.25, 0.3) is 11.3 Å². The Balaban J connectivity index is 2.21. The van der Waals surface area contributed by atoms with Crippen molar-refractivity contribution in [2.24, 2.45) is 0 Å². The first-order valence-electron chi connectivity index (χ1n) is 6.04. The van der Waals surface area contributed by atoms with Gasteiger partial charge in [0.2, 0.25) is 0 Å². The second-order valence-electron chi connectivity index (χ2n) is 4.21. The molecule has 1 aromatic carbocycles. The quantitative estimate of drug-likeness (QED) is 0.849. The number of aryl methyl sites for hydroxylation is 2. The number of rotatable bonds is 5. The average molecular weight is 244 g/mol. The number of nitrogens with one attached hydrogen (secondary N) is 1. The predicted octanol–water partition coefficient (Wildman–Crippen LogP) is 2.66. The second-order valence-corrected chi connectivity index (χ2v) is 4.21. The first-order chi connectivity index (χ1) is 8.70. The molecule has 0 radical (unpaired) electrons. The number of carboxylic acid groups (broad SMARTS) is 1. The van der Waals surface area contributed by atoms with Gasteiger partial charge >= 0.3 is 5.97 Å². The molecule has 1 heterocycles. The van der Waals surface area contributed by atoms with E-state index in [0.717, 1.165) is 23.2 Å². The maximum atomic E-state index is 10.6. The number of carboxylic acids is 1. The third-order valence-electron chi connectivity index (χ3n) is 2.98. The molecule has 94 valence electrons. The average Bonchev–Trinajstić information content (AvgIpc) is 2.85. The summed E-state index contributed by atoms with van der Waals surface area (Å²) < 4.78 is 0. The zero-order valence-electron chi connectivity index (χ0n) is 10.3. The number of hydrogen-bond donors (Lipinski definition) is 2. The fraction of sp³-hybridized carbons (Fsp3) is 0.286. The SMILES string of the molecule is CCc1ccc(-c2[nH]ncc2CCC(=O)O)cc1. The highest BCUT2D eigenvalue weighted by molar-refractivity contribution is 5.68. The van der Waals surface area contributed by atoms with E-state index in [1.807, 2.05) is 12.1 Å². The molecule has 0 saturated heterocycles. The molecule has 0 amide bonds. The van der Waals surface area contributed by atoms with Gasteiger partial charge in [0, 0.05) is 6.42 Å². The summed E-state index contributed by atoms with van der Waals surface area (Å²) in [5, 5.41) is 15.7. The highest BCUT2D eigenvalue weighted by Gasteiger charge is 2.09. The van der Waals surface area contributed by atoms with Gasteiger partial charge in [0.05, 0.1) is 11.9 Å². The maximum Gasteiger partial charge on any atom is 0.303 e. The van der Waals surface area contributed by atoms with Crippen molar-refractivity contribution in [3.8, 4) is 11.3 Å². The molecule has 0 aliphatic rings. The van der Waals surface area contributed by atoms with Crippen molar-refractivity contribution in [1.82, 2.24) is 10.2 Å². The topological polar surface area (TPSA) is 66.0 Å². The molecule has 4 heteroatoms. The molecule has 0 spiro atoms. The molecule has 2 aromatic rings. The van der Waals surface area contributed by atoms with Crippen LogP contribution >= 0.6 is 0 Å². The second kappa shape index (κ2) is 5.49. The van der Waals surface area contributed by atoms with Crippen LogP contribution in [0.15, 0.2) is 30.5 Å². The van der Waals surface area contributed by atoms with Crippen molar-refractivity contribution >= 4 is 5.97 Å². The Bertz CT molecular complexity index is 529. The highest BCUT2D eigenvalue weighted by atomic mass is 16.4. The van der Waals surface area contributed by atoms with E-state index < -0.39 is 5.97 Å². The molecule has 0 saturated carbocycles. The fourth-order valence-corrected chi connectivity index (χ4v) is 1.90. The zero-order chi connectivity index (χ0) is 13.0. The molecule has 18 heavy (non-hydrogen) atoms. The van der Waals surface area contributed by atoms with Crippen LogP contribution in [-0.4, -0.2) is 21.3 Å². The van der Waals surface area contributed by atoms with Crippen LogP contribution in [0.2, 0.25) is 0 Å². The maximum absolute atomic E-state index is 10.6. The van der Waals surface area contributed by atoms with E-state index in [-0.39, 0.29) is 6.42 Å². The van der Waals surface area contributed by atoms with Crippen LogP contribution < -0.4 is 0 Å². The van der Waals surface area contributed by atoms with Gasteiger partial charge in [-0.15, -0.1) is 0 Å². The first kappa shape index (κ1) is 12.4. The third-order valence-corrected chi connectivity index (χ3v) is 2.98. The number of H-pyrrole nitrogens is 1. The lowest BCUT2D eigenvalue weighted by atomic mass is 10.0. The van der Waals surface area contributed by atoms with Gasteiger partial charge in [-0.1, -0.05) is 31.2 Å². The Kier molecular flexibility index (Phi) is 3.77. The van der Waals surface area contributed by atoms with Crippen LogP contribution in [0.1, 0.15) is 24.5 Å². The smallest absolute Gasteiger partial charge is 0.303 e. The van der Waals surface area contributed by atoms with Crippen molar-refractivity contribution in [1.29, 1.82) is 0 Å². The Labute approximate surface area is 106 Å². The van der Waals surface area contributed by atoms with Gasteiger partial charge in [-0.05, 0) is 29.5 Å². The lowest BCUT2D eigenvalue weighted by Gasteiger charge is -2.03. The van der Waals surface area contributed by atoms with Crippen LogP contribution in [0.5, 0.6) is 0 Å². The molecule has 2 rings (SSSR count). The minimum Gasteiger partial charge on any atom is -0.481 e. The highest BCUT2D eigenvalue weighted by Crippen LogP contribution is 2.22. The molecular formula is C14H16N2O2. The summed E-state index contributed by atoms with van der Waals surface area (Å²) in [6.07, 6.45) is 3.33. The predicted molar refractivity (Wildman–Crippen MR) is 69.4 cm³/mol. The number of nitrogens with zero attached hydrogens (tertiary/aromatic N) is 1. The summed E-state index contributed by atoms with van der Waals surface area (Å²) in [4.78, 5) is 10.6. The number of aliphatic carboxylic acids is 1. The van der Waals surface area contributed by atoms with E-state index in [4.69, 9.17) is 5.11 Å². The van der Waals surface area contributed by atoms with E-state index in [1.54, 1.807) is 6.20 Å². The summed E-state index contributed by atoms with van der Waals surface area (Å²) in [7, 11) is 0. The van der Waals surface area contributed by atoms with Gasteiger partial charge in [-0.2, -0.15) is 5.10 Å². The number of hydrogen-bond acceptors (Lipinski definition) is 2. The molecule has 0 aliphatic heterocycles.